The summed E-state index contributed by atoms with van der Waals surface area (Å²) in [6, 6.07) is 35.0. The molecule has 0 unspecified atom stereocenters. The van der Waals surface area contributed by atoms with Crippen molar-refractivity contribution in [3.05, 3.63) is 137 Å². The lowest BCUT2D eigenvalue weighted by molar-refractivity contribution is -0.120. The Morgan fingerprint density at radius 3 is 1.94 bits per heavy atom. The number of anilines is 1. The molecule has 0 saturated carbocycles. The molecule has 5 rings (SSSR count). The van der Waals surface area contributed by atoms with Gasteiger partial charge >= 0.3 is 0 Å². The van der Waals surface area contributed by atoms with Crippen molar-refractivity contribution in [2.45, 2.75) is 25.8 Å². The van der Waals surface area contributed by atoms with E-state index in [4.69, 9.17) is 0 Å². The fraction of sp³-hybridized carbons (Fsp3) is 0.138. The Hall–Kier alpha value is -3.65. The summed E-state index contributed by atoms with van der Waals surface area (Å²) in [5.41, 5.74) is 7.76. The Kier molecular flexibility index (Phi) is 4.91. The molecule has 0 fully saturated rings. The molecule has 1 amide bonds. The average Bonchev–Trinajstić information content (AvgIpc) is 2.80. The molecular formula is C29H25NO. The first-order valence-electron chi connectivity index (χ1n) is 10.7. The predicted octanol–water partition coefficient (Wildman–Crippen LogP) is 6.57. The number of hydrogen-bond acceptors (Lipinski definition) is 1. The fourth-order valence-corrected chi connectivity index (χ4v) is 4.84. The van der Waals surface area contributed by atoms with E-state index >= 15 is 0 Å². The summed E-state index contributed by atoms with van der Waals surface area (Å²) in [6.45, 7) is 4.20. The Morgan fingerprint density at radius 2 is 1.26 bits per heavy atom. The number of fused-ring (bicyclic) bond motifs is 1. The summed E-state index contributed by atoms with van der Waals surface area (Å²) in [5, 5.41) is 0. The van der Waals surface area contributed by atoms with E-state index in [1.807, 2.05) is 59.5 Å². The van der Waals surface area contributed by atoms with Crippen LogP contribution >= 0.6 is 0 Å². The summed E-state index contributed by atoms with van der Waals surface area (Å²) in [4.78, 5) is 16.2. The van der Waals surface area contributed by atoms with Crippen molar-refractivity contribution in [1.82, 2.24) is 0 Å². The molecule has 0 N–H and O–H groups in total. The quantitative estimate of drug-likeness (QED) is 0.379. The average molecular weight is 404 g/mol. The Morgan fingerprint density at radius 1 is 0.645 bits per heavy atom. The Balaban J connectivity index is 1.78. The normalized spacial score (nSPS) is 18.0. The molecule has 2 nitrogen and oxygen atoms in total. The smallest absolute Gasteiger partial charge is 0.239 e. The molecule has 0 saturated heterocycles. The molecule has 1 aliphatic heterocycles. The van der Waals surface area contributed by atoms with Crippen LogP contribution in [0.25, 0.3) is 0 Å². The molecule has 4 aromatic rings. The van der Waals surface area contributed by atoms with Crippen molar-refractivity contribution in [3.8, 4) is 0 Å². The highest BCUT2D eigenvalue weighted by atomic mass is 16.2. The number of carbonyl (C=O) groups excluding carboxylic acids is 1. The molecule has 4 aromatic carbocycles. The largest absolute Gasteiger partial charge is 0.300 e. The zero-order valence-electron chi connectivity index (χ0n) is 17.8. The zero-order chi connectivity index (χ0) is 21.4. The molecular weight excluding hydrogens is 378 g/mol. The first kappa shape index (κ1) is 19.3. The molecule has 31 heavy (non-hydrogen) atoms. The Bertz CT molecular complexity index is 1230. The highest BCUT2D eigenvalue weighted by Gasteiger charge is 2.41. The number of benzene rings is 4. The van der Waals surface area contributed by atoms with E-state index in [1.165, 1.54) is 11.1 Å². The third-order valence-corrected chi connectivity index (χ3v) is 6.23. The number of nitrogens with zero attached hydrogens (tertiary/aromatic N) is 1. The molecule has 0 bridgehead atoms. The van der Waals surface area contributed by atoms with Crippen molar-refractivity contribution < 1.29 is 4.79 Å². The van der Waals surface area contributed by atoms with E-state index in [2.05, 4.69) is 62.4 Å². The van der Waals surface area contributed by atoms with Gasteiger partial charge in [0.2, 0.25) is 5.91 Å². The Labute approximate surface area is 183 Å². The molecule has 152 valence electrons. The van der Waals surface area contributed by atoms with Crippen LogP contribution < -0.4 is 4.90 Å². The van der Waals surface area contributed by atoms with Crippen LogP contribution in [0.1, 0.15) is 45.3 Å². The third-order valence-electron chi connectivity index (χ3n) is 6.23. The molecule has 1 heterocycles. The summed E-state index contributed by atoms with van der Waals surface area (Å²) < 4.78 is 0. The lowest BCUT2D eigenvalue weighted by atomic mass is 9.77. The fourth-order valence-electron chi connectivity index (χ4n) is 4.84. The van der Waals surface area contributed by atoms with Gasteiger partial charge in [-0.15, -0.1) is 0 Å². The van der Waals surface area contributed by atoms with E-state index in [0.29, 0.717) is 0 Å². The highest BCUT2D eigenvalue weighted by Crippen LogP contribution is 2.45. The minimum absolute atomic E-state index is 0.116. The van der Waals surface area contributed by atoms with Crippen LogP contribution in [0, 0.1) is 13.8 Å². The van der Waals surface area contributed by atoms with Gasteiger partial charge in [-0.2, -0.15) is 0 Å². The number of amides is 1. The van der Waals surface area contributed by atoms with Gasteiger partial charge in [-0.3, -0.25) is 9.69 Å². The highest BCUT2D eigenvalue weighted by molar-refractivity contribution is 6.03. The summed E-state index contributed by atoms with van der Waals surface area (Å²) in [5.74, 6) is -0.206. The second-order valence-corrected chi connectivity index (χ2v) is 8.28. The standard InChI is InChI=1S/C29H25NO/c1-20-17-18-24(21(2)19-20)27-25-15-9-10-16-26(25)28(22-11-5-3-6-12-22)30(29(27)31)23-13-7-4-8-14-23/h3-19,27-28H,1-2H3/t27-,28-/m0/s1. The van der Waals surface area contributed by atoms with Crippen LogP contribution in [0.5, 0.6) is 0 Å². The van der Waals surface area contributed by atoms with Crippen LogP contribution in [-0.4, -0.2) is 5.91 Å². The van der Waals surface area contributed by atoms with Gasteiger partial charge in [0.15, 0.2) is 0 Å². The van der Waals surface area contributed by atoms with Crippen LogP contribution in [0.4, 0.5) is 5.69 Å². The number of aryl methyl sites for hydroxylation is 2. The van der Waals surface area contributed by atoms with Crippen molar-refractivity contribution in [2.75, 3.05) is 4.90 Å². The van der Waals surface area contributed by atoms with Gasteiger partial charge in [0.25, 0.3) is 0 Å². The van der Waals surface area contributed by atoms with Gasteiger partial charge in [0, 0.05) is 5.69 Å². The number of para-hydroxylation sites is 1. The monoisotopic (exact) mass is 403 g/mol. The zero-order valence-corrected chi connectivity index (χ0v) is 17.8. The van der Waals surface area contributed by atoms with E-state index in [9.17, 15) is 4.79 Å². The molecule has 2 atom stereocenters. The molecule has 0 radical (unpaired) electrons. The van der Waals surface area contributed by atoms with E-state index in [0.717, 1.165) is 27.9 Å². The third kappa shape index (κ3) is 3.34. The summed E-state index contributed by atoms with van der Waals surface area (Å²) in [7, 11) is 0. The minimum Gasteiger partial charge on any atom is -0.300 e. The maximum Gasteiger partial charge on any atom is 0.239 e. The number of hydrogen-bond donors (Lipinski definition) is 0. The van der Waals surface area contributed by atoms with Crippen LogP contribution in [-0.2, 0) is 4.79 Å². The topological polar surface area (TPSA) is 20.3 Å². The van der Waals surface area contributed by atoms with E-state index in [1.54, 1.807) is 0 Å². The summed E-state index contributed by atoms with van der Waals surface area (Å²) >= 11 is 0. The lowest BCUT2D eigenvalue weighted by Crippen LogP contribution is -2.44. The second kappa shape index (κ2) is 7.88. The molecule has 1 aliphatic rings. The van der Waals surface area contributed by atoms with Crippen molar-refractivity contribution in [1.29, 1.82) is 0 Å². The first-order valence-corrected chi connectivity index (χ1v) is 10.7. The van der Waals surface area contributed by atoms with Crippen molar-refractivity contribution >= 4 is 11.6 Å². The van der Waals surface area contributed by atoms with Crippen LogP contribution in [0.15, 0.2) is 103 Å². The van der Waals surface area contributed by atoms with Gasteiger partial charge in [-0.1, -0.05) is 96.6 Å². The summed E-state index contributed by atoms with van der Waals surface area (Å²) in [6.07, 6.45) is 0. The van der Waals surface area contributed by atoms with Gasteiger partial charge in [-0.25, -0.2) is 0 Å². The number of rotatable bonds is 3. The van der Waals surface area contributed by atoms with E-state index < -0.39 is 0 Å². The molecule has 0 aromatic heterocycles. The maximum atomic E-state index is 14.2. The van der Waals surface area contributed by atoms with Crippen LogP contribution in [0.3, 0.4) is 0 Å². The van der Waals surface area contributed by atoms with Crippen molar-refractivity contribution in [3.63, 3.8) is 0 Å². The van der Waals surface area contributed by atoms with Gasteiger partial charge in [-0.05, 0) is 53.8 Å². The van der Waals surface area contributed by atoms with Gasteiger partial charge < -0.3 is 0 Å². The minimum atomic E-state index is -0.322. The molecule has 0 aliphatic carbocycles. The predicted molar refractivity (Wildman–Crippen MR) is 126 cm³/mol. The first-order chi connectivity index (χ1) is 15.1. The van der Waals surface area contributed by atoms with Crippen LogP contribution in [0.2, 0.25) is 0 Å². The number of carbonyl (C=O) groups is 1. The van der Waals surface area contributed by atoms with Gasteiger partial charge in [0.05, 0.1) is 12.0 Å². The molecule has 0 spiro atoms. The maximum absolute atomic E-state index is 14.2. The van der Waals surface area contributed by atoms with E-state index in [-0.39, 0.29) is 17.9 Å². The van der Waals surface area contributed by atoms with Crippen molar-refractivity contribution in [2.24, 2.45) is 0 Å². The van der Waals surface area contributed by atoms with Gasteiger partial charge in [0.1, 0.15) is 0 Å². The molecule has 2 heteroatoms. The second-order valence-electron chi connectivity index (χ2n) is 8.28. The SMILES string of the molecule is Cc1ccc([C@@H]2C(=O)N(c3ccccc3)[C@@H](c3ccccc3)c3ccccc32)c(C)c1. The lowest BCUT2D eigenvalue weighted by Gasteiger charge is -2.41.